The summed E-state index contributed by atoms with van der Waals surface area (Å²) >= 11 is 0. The van der Waals surface area contributed by atoms with Crippen LogP contribution in [0.3, 0.4) is 0 Å². The molecule has 2 aromatic rings. The monoisotopic (exact) mass is 372 g/mol. The smallest absolute Gasteiger partial charge is 0.254 e. The molecule has 27 heavy (non-hydrogen) atoms. The molecule has 2 amide bonds. The lowest BCUT2D eigenvalue weighted by Gasteiger charge is -2.22. The first-order valence-electron chi connectivity index (χ1n) is 8.77. The summed E-state index contributed by atoms with van der Waals surface area (Å²) in [6.07, 6.45) is 0.820. The minimum atomic E-state index is -0.340. The molecule has 2 aromatic carbocycles. The lowest BCUT2D eigenvalue weighted by atomic mass is 10.1. The highest BCUT2D eigenvalue weighted by molar-refractivity contribution is 5.95. The van der Waals surface area contributed by atoms with Crippen molar-refractivity contribution in [1.29, 1.82) is 0 Å². The number of halogens is 1. The Morgan fingerprint density at radius 3 is 2.15 bits per heavy atom. The number of hydrogen-bond acceptors (Lipinski definition) is 4. The van der Waals surface area contributed by atoms with Crippen LogP contribution in [0.25, 0.3) is 0 Å². The fourth-order valence-corrected chi connectivity index (χ4v) is 3.16. The molecule has 1 saturated heterocycles. The molecule has 0 radical (unpaired) electrons. The standard InChI is InChI=1S/C20H21FN2O4/c21-16-4-2-14(3-5-16)10-19(26)22-6-1-7-23(9-8-22)20(27)15-11-17(24)13-18(25)12-15/h2-5,11-13,24-25H,1,6-10H2. The molecule has 0 spiro atoms. The Kier molecular flexibility index (Phi) is 5.59. The molecule has 1 aliphatic heterocycles. The zero-order chi connectivity index (χ0) is 19.4. The number of amides is 2. The number of hydrogen-bond donors (Lipinski definition) is 2. The first-order chi connectivity index (χ1) is 12.9. The summed E-state index contributed by atoms with van der Waals surface area (Å²) in [5.74, 6) is -1.05. The van der Waals surface area contributed by atoms with Crippen LogP contribution in [0.4, 0.5) is 4.39 Å². The zero-order valence-corrected chi connectivity index (χ0v) is 14.8. The van der Waals surface area contributed by atoms with Crippen LogP contribution >= 0.6 is 0 Å². The molecule has 0 aromatic heterocycles. The molecule has 2 N–H and O–H groups in total. The third kappa shape index (κ3) is 4.75. The molecule has 0 unspecified atom stereocenters. The van der Waals surface area contributed by atoms with Gasteiger partial charge in [0, 0.05) is 37.8 Å². The van der Waals surface area contributed by atoms with Gasteiger partial charge in [0.15, 0.2) is 0 Å². The van der Waals surface area contributed by atoms with Crippen molar-refractivity contribution >= 4 is 11.8 Å². The molecule has 0 bridgehead atoms. The molecular formula is C20H21FN2O4. The fraction of sp³-hybridized carbons (Fsp3) is 0.300. The molecule has 0 atom stereocenters. The highest BCUT2D eigenvalue weighted by Gasteiger charge is 2.23. The summed E-state index contributed by atoms with van der Waals surface area (Å²) in [5, 5.41) is 19.1. The Morgan fingerprint density at radius 1 is 0.889 bits per heavy atom. The summed E-state index contributed by atoms with van der Waals surface area (Å²) in [4.78, 5) is 28.4. The first kappa shape index (κ1) is 18.7. The number of carbonyl (C=O) groups is 2. The number of phenolic OH excluding ortho intramolecular Hbond substituents is 2. The summed E-state index contributed by atoms with van der Waals surface area (Å²) in [7, 11) is 0. The lowest BCUT2D eigenvalue weighted by Crippen LogP contribution is -2.38. The van der Waals surface area contributed by atoms with E-state index in [1.54, 1.807) is 21.9 Å². The van der Waals surface area contributed by atoms with Gasteiger partial charge in [-0.2, -0.15) is 0 Å². The van der Waals surface area contributed by atoms with Crippen LogP contribution in [0.2, 0.25) is 0 Å². The molecule has 142 valence electrons. The molecule has 3 rings (SSSR count). The summed E-state index contributed by atoms with van der Waals surface area (Å²) in [6.45, 7) is 1.78. The van der Waals surface area contributed by atoms with Gasteiger partial charge in [-0.25, -0.2) is 4.39 Å². The maximum atomic E-state index is 13.0. The highest BCUT2D eigenvalue weighted by atomic mass is 19.1. The predicted molar refractivity (Wildman–Crippen MR) is 97.0 cm³/mol. The van der Waals surface area contributed by atoms with Crippen LogP contribution in [0.1, 0.15) is 22.3 Å². The van der Waals surface area contributed by atoms with Gasteiger partial charge >= 0.3 is 0 Å². The highest BCUT2D eigenvalue weighted by Crippen LogP contribution is 2.22. The lowest BCUT2D eigenvalue weighted by molar-refractivity contribution is -0.130. The second-order valence-corrected chi connectivity index (χ2v) is 6.57. The van der Waals surface area contributed by atoms with Gasteiger partial charge in [-0.05, 0) is 36.2 Å². The van der Waals surface area contributed by atoms with Crippen LogP contribution in [-0.2, 0) is 11.2 Å². The Morgan fingerprint density at radius 2 is 1.48 bits per heavy atom. The number of phenols is 2. The largest absolute Gasteiger partial charge is 0.508 e. The van der Waals surface area contributed by atoms with E-state index in [1.165, 1.54) is 24.3 Å². The second kappa shape index (κ2) is 8.07. The quantitative estimate of drug-likeness (QED) is 0.865. The van der Waals surface area contributed by atoms with Crippen LogP contribution in [0.5, 0.6) is 11.5 Å². The molecule has 1 heterocycles. The van der Waals surface area contributed by atoms with E-state index in [0.717, 1.165) is 11.6 Å². The molecule has 0 aliphatic carbocycles. The SMILES string of the molecule is O=C(Cc1ccc(F)cc1)N1CCCN(C(=O)c2cc(O)cc(O)c2)CC1. The Labute approximate surface area is 156 Å². The average molecular weight is 372 g/mol. The van der Waals surface area contributed by atoms with E-state index >= 15 is 0 Å². The van der Waals surface area contributed by atoms with Gasteiger partial charge in [0.25, 0.3) is 5.91 Å². The normalized spacial score (nSPS) is 14.7. The van der Waals surface area contributed by atoms with Crippen molar-refractivity contribution in [1.82, 2.24) is 9.80 Å². The van der Waals surface area contributed by atoms with E-state index in [2.05, 4.69) is 0 Å². The van der Waals surface area contributed by atoms with Crippen molar-refractivity contribution in [3.8, 4) is 11.5 Å². The van der Waals surface area contributed by atoms with Gasteiger partial charge in [-0.15, -0.1) is 0 Å². The minimum Gasteiger partial charge on any atom is -0.508 e. The average Bonchev–Trinajstić information content (AvgIpc) is 2.88. The minimum absolute atomic E-state index is 0.0640. The maximum Gasteiger partial charge on any atom is 0.254 e. The van der Waals surface area contributed by atoms with Crippen molar-refractivity contribution in [2.45, 2.75) is 12.8 Å². The molecule has 1 aliphatic rings. The summed E-state index contributed by atoms with van der Waals surface area (Å²) in [5.41, 5.74) is 0.951. The van der Waals surface area contributed by atoms with Gasteiger partial charge in [-0.3, -0.25) is 9.59 Å². The molecule has 1 fully saturated rings. The number of carbonyl (C=O) groups excluding carboxylic acids is 2. The Bertz CT molecular complexity index is 818. The van der Waals surface area contributed by atoms with Gasteiger partial charge in [0.05, 0.1) is 6.42 Å². The van der Waals surface area contributed by atoms with Crippen LogP contribution < -0.4 is 0 Å². The predicted octanol–water partition coefficient (Wildman–Crippen LogP) is 2.15. The van der Waals surface area contributed by atoms with Crippen molar-refractivity contribution in [3.05, 3.63) is 59.4 Å². The number of rotatable bonds is 3. The Hall–Kier alpha value is -3.09. The number of aromatic hydroxyl groups is 2. The van der Waals surface area contributed by atoms with Gasteiger partial charge < -0.3 is 20.0 Å². The third-order valence-electron chi connectivity index (χ3n) is 4.55. The third-order valence-corrected chi connectivity index (χ3v) is 4.55. The van der Waals surface area contributed by atoms with E-state index in [0.29, 0.717) is 32.6 Å². The van der Waals surface area contributed by atoms with E-state index in [9.17, 15) is 24.2 Å². The van der Waals surface area contributed by atoms with Gasteiger partial charge in [0.1, 0.15) is 17.3 Å². The fourth-order valence-electron chi connectivity index (χ4n) is 3.16. The maximum absolute atomic E-state index is 13.0. The van der Waals surface area contributed by atoms with E-state index in [1.807, 2.05) is 0 Å². The van der Waals surface area contributed by atoms with Gasteiger partial charge in [0.2, 0.25) is 5.91 Å². The zero-order valence-electron chi connectivity index (χ0n) is 14.8. The van der Waals surface area contributed by atoms with Crippen molar-refractivity contribution in [2.24, 2.45) is 0 Å². The van der Waals surface area contributed by atoms with E-state index in [4.69, 9.17) is 0 Å². The van der Waals surface area contributed by atoms with E-state index in [-0.39, 0.29) is 41.1 Å². The van der Waals surface area contributed by atoms with Crippen LogP contribution in [0, 0.1) is 5.82 Å². The first-order valence-corrected chi connectivity index (χ1v) is 8.77. The molecule has 7 heteroatoms. The summed E-state index contributed by atoms with van der Waals surface area (Å²) < 4.78 is 13.0. The second-order valence-electron chi connectivity index (χ2n) is 6.57. The van der Waals surface area contributed by atoms with Crippen molar-refractivity contribution < 1.29 is 24.2 Å². The molecular weight excluding hydrogens is 351 g/mol. The number of benzene rings is 2. The van der Waals surface area contributed by atoms with Crippen molar-refractivity contribution in [2.75, 3.05) is 26.2 Å². The topological polar surface area (TPSA) is 81.1 Å². The van der Waals surface area contributed by atoms with Crippen LogP contribution in [0.15, 0.2) is 42.5 Å². The molecule has 6 nitrogen and oxygen atoms in total. The Balaban J connectivity index is 1.61. The van der Waals surface area contributed by atoms with Crippen molar-refractivity contribution in [3.63, 3.8) is 0 Å². The van der Waals surface area contributed by atoms with E-state index < -0.39 is 0 Å². The van der Waals surface area contributed by atoms with Gasteiger partial charge in [-0.1, -0.05) is 12.1 Å². The number of nitrogens with zero attached hydrogens (tertiary/aromatic N) is 2. The summed E-state index contributed by atoms with van der Waals surface area (Å²) in [6, 6.07) is 9.63. The van der Waals surface area contributed by atoms with Crippen LogP contribution in [-0.4, -0.2) is 58.0 Å². The molecule has 0 saturated carbocycles.